The molecule has 2 atom stereocenters. The first-order valence-electron chi connectivity index (χ1n) is 4.94. The maximum Gasteiger partial charge on any atom is 0.220 e. The zero-order valence-corrected chi connectivity index (χ0v) is 8.16. The number of carbonyl (C=O) groups excluding carboxylic acids is 3. The van der Waals surface area contributed by atoms with Gasteiger partial charge in [0.1, 0.15) is 11.8 Å². The Kier molecular flexibility index (Phi) is 2.13. The molecule has 4 nitrogen and oxygen atoms in total. The van der Waals surface area contributed by atoms with Crippen molar-refractivity contribution in [2.24, 2.45) is 5.92 Å². The van der Waals surface area contributed by atoms with Crippen LogP contribution in [0.5, 0.6) is 0 Å². The van der Waals surface area contributed by atoms with E-state index in [1.807, 2.05) is 0 Å². The molecule has 2 rings (SSSR count). The molecule has 0 aromatic carbocycles. The minimum atomic E-state index is -0.436. The van der Waals surface area contributed by atoms with E-state index in [2.05, 4.69) is 0 Å². The van der Waals surface area contributed by atoms with Crippen molar-refractivity contribution in [3.63, 3.8) is 0 Å². The zero-order valence-electron chi connectivity index (χ0n) is 8.16. The van der Waals surface area contributed by atoms with Gasteiger partial charge in [-0.25, -0.2) is 0 Å². The maximum absolute atomic E-state index is 11.5. The number of Topliss-reactive ketones (excluding diaryl/α,β-unsaturated/α-hetero) is 2. The number of likely N-dealkylation sites (tertiary alicyclic amines) is 1. The Morgan fingerprint density at radius 1 is 1.36 bits per heavy atom. The normalized spacial score (nSPS) is 31.9. The summed E-state index contributed by atoms with van der Waals surface area (Å²) in [4.78, 5) is 35.8. The van der Waals surface area contributed by atoms with E-state index in [-0.39, 0.29) is 29.8 Å². The van der Waals surface area contributed by atoms with Gasteiger partial charge in [-0.2, -0.15) is 0 Å². The molecular weight excluding hydrogens is 182 g/mol. The Hall–Kier alpha value is -1.19. The number of fused-ring (bicyclic) bond motifs is 1. The van der Waals surface area contributed by atoms with Gasteiger partial charge in [-0.05, 0) is 12.8 Å². The first-order valence-corrected chi connectivity index (χ1v) is 4.94. The van der Waals surface area contributed by atoms with E-state index in [1.54, 1.807) is 4.90 Å². The third-order valence-corrected chi connectivity index (χ3v) is 3.13. The number of ketones is 2. The van der Waals surface area contributed by atoms with Crippen LogP contribution in [0.1, 0.15) is 26.2 Å². The van der Waals surface area contributed by atoms with Gasteiger partial charge in [0, 0.05) is 19.4 Å². The Balaban J connectivity index is 2.27. The predicted molar refractivity (Wildman–Crippen MR) is 48.5 cm³/mol. The molecule has 0 bridgehead atoms. The van der Waals surface area contributed by atoms with E-state index >= 15 is 0 Å². The molecule has 1 aliphatic heterocycles. The van der Waals surface area contributed by atoms with E-state index in [0.29, 0.717) is 6.54 Å². The molecule has 0 aromatic heterocycles. The number of carbonyl (C=O) groups is 3. The van der Waals surface area contributed by atoms with Crippen LogP contribution >= 0.6 is 0 Å². The molecule has 0 spiro atoms. The van der Waals surface area contributed by atoms with Crippen molar-refractivity contribution < 1.29 is 14.4 Å². The van der Waals surface area contributed by atoms with E-state index in [4.69, 9.17) is 0 Å². The molecule has 76 valence electrons. The summed E-state index contributed by atoms with van der Waals surface area (Å²) in [7, 11) is 0. The van der Waals surface area contributed by atoms with Gasteiger partial charge >= 0.3 is 0 Å². The topological polar surface area (TPSA) is 54.5 Å². The van der Waals surface area contributed by atoms with Crippen LogP contribution in [0.3, 0.4) is 0 Å². The first kappa shape index (κ1) is 9.37. The molecule has 1 amide bonds. The molecule has 1 saturated heterocycles. The van der Waals surface area contributed by atoms with Crippen molar-refractivity contribution in [3.8, 4) is 0 Å². The maximum atomic E-state index is 11.5. The highest BCUT2D eigenvalue weighted by Crippen LogP contribution is 2.32. The van der Waals surface area contributed by atoms with E-state index < -0.39 is 6.04 Å². The van der Waals surface area contributed by atoms with Crippen molar-refractivity contribution in [3.05, 3.63) is 0 Å². The van der Waals surface area contributed by atoms with Gasteiger partial charge < -0.3 is 4.90 Å². The SMILES string of the molecule is CC(=O)N1CCC[C@H]2C(=O)CC(=O)[C@H]21. The fourth-order valence-electron chi connectivity index (χ4n) is 2.49. The average molecular weight is 195 g/mol. The number of rotatable bonds is 0. The summed E-state index contributed by atoms with van der Waals surface area (Å²) >= 11 is 0. The number of nitrogens with zero attached hydrogens (tertiary/aromatic N) is 1. The fourth-order valence-corrected chi connectivity index (χ4v) is 2.49. The summed E-state index contributed by atoms with van der Waals surface area (Å²) in [5.41, 5.74) is 0. The van der Waals surface area contributed by atoms with Crippen molar-refractivity contribution in [2.75, 3.05) is 6.54 Å². The van der Waals surface area contributed by atoms with Gasteiger partial charge in [-0.1, -0.05) is 0 Å². The second-order valence-electron chi connectivity index (χ2n) is 4.02. The van der Waals surface area contributed by atoms with Gasteiger partial charge in [-0.15, -0.1) is 0 Å². The number of hydrogen-bond acceptors (Lipinski definition) is 3. The van der Waals surface area contributed by atoms with Crippen LogP contribution in [0.15, 0.2) is 0 Å². The number of hydrogen-bond donors (Lipinski definition) is 0. The monoisotopic (exact) mass is 195 g/mol. The molecule has 0 unspecified atom stereocenters. The summed E-state index contributed by atoms with van der Waals surface area (Å²) < 4.78 is 0. The van der Waals surface area contributed by atoms with Crippen molar-refractivity contribution >= 4 is 17.5 Å². The quantitative estimate of drug-likeness (QED) is 0.517. The molecule has 0 N–H and O–H groups in total. The Morgan fingerprint density at radius 3 is 2.71 bits per heavy atom. The lowest BCUT2D eigenvalue weighted by Gasteiger charge is -2.34. The van der Waals surface area contributed by atoms with Crippen molar-refractivity contribution in [1.82, 2.24) is 4.90 Å². The van der Waals surface area contributed by atoms with Gasteiger partial charge in [0.2, 0.25) is 5.91 Å². The highest BCUT2D eigenvalue weighted by Gasteiger charge is 2.47. The van der Waals surface area contributed by atoms with Crippen LogP contribution in [-0.4, -0.2) is 35.0 Å². The molecular formula is C10H13NO3. The van der Waals surface area contributed by atoms with Gasteiger partial charge in [0.25, 0.3) is 0 Å². The molecule has 2 aliphatic rings. The lowest BCUT2D eigenvalue weighted by atomic mass is 9.91. The second-order valence-corrected chi connectivity index (χ2v) is 4.02. The van der Waals surface area contributed by atoms with Crippen LogP contribution in [0.4, 0.5) is 0 Å². The highest BCUT2D eigenvalue weighted by atomic mass is 16.2. The van der Waals surface area contributed by atoms with Gasteiger partial charge in [-0.3, -0.25) is 14.4 Å². The lowest BCUT2D eigenvalue weighted by molar-refractivity contribution is -0.139. The summed E-state index contributed by atoms with van der Waals surface area (Å²) in [6.07, 6.45) is 1.62. The van der Waals surface area contributed by atoms with Gasteiger partial charge in [0.15, 0.2) is 5.78 Å². The third kappa shape index (κ3) is 1.25. The molecule has 14 heavy (non-hydrogen) atoms. The Morgan fingerprint density at radius 2 is 2.07 bits per heavy atom. The minimum absolute atomic E-state index is 0.0194. The highest BCUT2D eigenvalue weighted by molar-refractivity contribution is 6.11. The molecule has 1 heterocycles. The Bertz CT molecular complexity index is 310. The molecule has 1 saturated carbocycles. The van der Waals surface area contributed by atoms with Crippen molar-refractivity contribution in [2.45, 2.75) is 32.2 Å². The number of piperidine rings is 1. The molecule has 0 radical (unpaired) electrons. The summed E-state index contributed by atoms with van der Waals surface area (Å²) in [5, 5.41) is 0. The average Bonchev–Trinajstić information content (AvgIpc) is 2.43. The molecule has 0 aromatic rings. The second kappa shape index (κ2) is 3.19. The predicted octanol–water partition coefficient (Wildman–Crippen LogP) is 0.155. The molecule has 1 aliphatic carbocycles. The third-order valence-electron chi connectivity index (χ3n) is 3.13. The van der Waals surface area contributed by atoms with Crippen LogP contribution < -0.4 is 0 Å². The summed E-state index contributed by atoms with van der Waals surface area (Å²) in [5.74, 6) is -0.358. The van der Waals surface area contributed by atoms with E-state index in [1.165, 1.54) is 6.92 Å². The fraction of sp³-hybridized carbons (Fsp3) is 0.700. The molecule has 4 heteroatoms. The Labute approximate surface area is 82.3 Å². The van der Waals surface area contributed by atoms with Crippen LogP contribution in [0, 0.1) is 5.92 Å². The van der Waals surface area contributed by atoms with E-state index in [9.17, 15) is 14.4 Å². The van der Waals surface area contributed by atoms with Crippen LogP contribution in [0.25, 0.3) is 0 Å². The van der Waals surface area contributed by atoms with Crippen molar-refractivity contribution in [1.29, 1.82) is 0 Å². The first-order chi connectivity index (χ1) is 6.61. The number of amides is 1. The minimum Gasteiger partial charge on any atom is -0.332 e. The standard InChI is InChI=1S/C10H13NO3/c1-6(12)11-4-2-3-7-8(13)5-9(14)10(7)11/h7,10H,2-5H2,1H3/t7-,10-/m0/s1. The molecule has 2 fully saturated rings. The summed E-state index contributed by atoms with van der Waals surface area (Å²) in [6.45, 7) is 2.08. The van der Waals surface area contributed by atoms with E-state index in [0.717, 1.165) is 12.8 Å². The lowest BCUT2D eigenvalue weighted by Crippen LogP contribution is -2.49. The van der Waals surface area contributed by atoms with Gasteiger partial charge in [0.05, 0.1) is 6.42 Å². The van der Waals surface area contributed by atoms with Crippen LogP contribution in [-0.2, 0) is 14.4 Å². The zero-order chi connectivity index (χ0) is 10.3. The largest absolute Gasteiger partial charge is 0.332 e. The van der Waals surface area contributed by atoms with Crippen LogP contribution in [0.2, 0.25) is 0 Å². The smallest absolute Gasteiger partial charge is 0.220 e. The summed E-state index contributed by atoms with van der Waals surface area (Å²) in [6, 6.07) is -0.436.